The molecule has 6 rings (SSSR count). The summed E-state index contributed by atoms with van der Waals surface area (Å²) in [4.78, 5) is 18.2. The minimum absolute atomic E-state index is 0.0114. The van der Waals surface area contributed by atoms with Crippen LogP contribution < -0.4 is 26.4 Å². The lowest BCUT2D eigenvalue weighted by atomic mass is 9.74. The topological polar surface area (TPSA) is 174 Å². The van der Waals surface area contributed by atoms with Crippen molar-refractivity contribution < 1.29 is 29.2 Å². The predicted molar refractivity (Wildman–Crippen MR) is 156 cm³/mol. The van der Waals surface area contributed by atoms with E-state index in [1.54, 1.807) is 0 Å². The number of fused-ring (bicyclic) bond motifs is 5. The van der Waals surface area contributed by atoms with E-state index < -0.39 is 30.0 Å². The van der Waals surface area contributed by atoms with E-state index in [0.717, 1.165) is 44.1 Å². The van der Waals surface area contributed by atoms with Crippen molar-refractivity contribution in [1.82, 2.24) is 0 Å². The first-order chi connectivity index (χ1) is 19.1. The summed E-state index contributed by atoms with van der Waals surface area (Å²) >= 11 is 0. The second kappa shape index (κ2) is 10.6. The van der Waals surface area contributed by atoms with Crippen molar-refractivity contribution in [2.75, 3.05) is 12.4 Å². The molecule has 2 aliphatic carbocycles. The maximum atomic E-state index is 13.9. The molecule has 0 amide bonds. The van der Waals surface area contributed by atoms with E-state index in [2.05, 4.69) is 4.99 Å². The van der Waals surface area contributed by atoms with Crippen LogP contribution in [-0.2, 0) is 5.75 Å². The average molecular weight is 592 g/mol. The largest absolute Gasteiger partial charge is 0.489 e. The molecule has 2 aromatic rings. The molecule has 3 heterocycles. The van der Waals surface area contributed by atoms with Crippen molar-refractivity contribution in [3.8, 4) is 11.5 Å². The Morgan fingerprint density at radius 2 is 2.00 bits per heavy atom. The van der Waals surface area contributed by atoms with Crippen LogP contribution in [0.15, 0.2) is 20.3 Å². The highest BCUT2D eigenvalue weighted by Gasteiger charge is 2.51. The number of rotatable bonds is 4. The molecule has 40 heavy (non-hydrogen) atoms. The normalized spacial score (nSPS) is 32.2. The summed E-state index contributed by atoms with van der Waals surface area (Å²) in [6.07, 6.45) is 4.48. The van der Waals surface area contributed by atoms with Gasteiger partial charge in [0.05, 0.1) is 18.3 Å². The van der Waals surface area contributed by atoms with Gasteiger partial charge in [-0.2, -0.15) is 0 Å². The number of hydrogen-bond donors (Lipinski definition) is 5. The quantitative estimate of drug-likeness (QED) is 0.201. The number of aliphatic imine (C=N–C) groups is 1. The second-order valence-corrected chi connectivity index (χ2v) is 14.3. The highest BCUT2D eigenvalue weighted by atomic mass is 33.1. The molecule has 2 bridgehead atoms. The summed E-state index contributed by atoms with van der Waals surface area (Å²) in [6, 6.07) is 1.31. The molecule has 2 saturated carbocycles. The zero-order valence-corrected chi connectivity index (χ0v) is 24.2. The van der Waals surface area contributed by atoms with Gasteiger partial charge in [0.25, 0.3) is 0 Å². The first kappa shape index (κ1) is 28.0. The van der Waals surface area contributed by atoms with Crippen molar-refractivity contribution in [3.05, 3.63) is 33.2 Å². The fourth-order valence-corrected chi connectivity index (χ4v) is 9.36. The fourth-order valence-electron chi connectivity index (χ4n) is 6.81. The number of aliphatic hydroxyl groups is 3. The van der Waals surface area contributed by atoms with E-state index in [0.29, 0.717) is 46.0 Å². The smallest absolute Gasteiger partial charge is 0.196 e. The molecular weight excluding hydrogens is 554 g/mol. The van der Waals surface area contributed by atoms with Gasteiger partial charge in [-0.1, -0.05) is 21.6 Å². The lowest BCUT2D eigenvalue weighted by Gasteiger charge is -2.37. The first-order valence-electron chi connectivity index (χ1n) is 14.0. The van der Waals surface area contributed by atoms with Gasteiger partial charge >= 0.3 is 0 Å². The number of guanidine groups is 1. The van der Waals surface area contributed by atoms with Gasteiger partial charge < -0.3 is 40.7 Å². The summed E-state index contributed by atoms with van der Waals surface area (Å²) in [5, 5.41) is 33.2. The molecule has 5 atom stereocenters. The molecule has 0 spiro atoms. The Hall–Kier alpha value is -2.12. The highest BCUT2D eigenvalue weighted by Crippen LogP contribution is 2.57. The maximum Gasteiger partial charge on any atom is 0.196 e. The molecule has 0 radical (unpaired) electrons. The third-order valence-corrected chi connectivity index (χ3v) is 11.2. The Kier molecular flexibility index (Phi) is 7.44. The summed E-state index contributed by atoms with van der Waals surface area (Å²) < 4.78 is 19.6. The van der Waals surface area contributed by atoms with E-state index in [4.69, 9.17) is 25.4 Å². The van der Waals surface area contributed by atoms with Gasteiger partial charge in [-0.05, 0) is 51.9 Å². The van der Waals surface area contributed by atoms with Crippen LogP contribution in [0, 0.1) is 0 Å². The van der Waals surface area contributed by atoms with Crippen LogP contribution in [0.2, 0.25) is 0 Å². The van der Waals surface area contributed by atoms with E-state index in [1.807, 2.05) is 6.92 Å². The minimum Gasteiger partial charge on any atom is -0.489 e. The minimum atomic E-state index is -1.25. The highest BCUT2D eigenvalue weighted by molar-refractivity contribution is 8.76. The number of nitrogens with zero attached hydrogens (tertiary/aromatic N) is 1. The lowest BCUT2D eigenvalue weighted by molar-refractivity contribution is -0.0727. The Balaban J connectivity index is 1.56. The van der Waals surface area contributed by atoms with Crippen LogP contribution in [0.1, 0.15) is 87.2 Å². The van der Waals surface area contributed by atoms with Crippen molar-refractivity contribution in [2.24, 2.45) is 16.5 Å². The number of benzene rings is 1. The number of hydrogen-bond acceptors (Lipinski definition) is 10. The molecule has 2 aliphatic heterocycles. The molecule has 12 heteroatoms. The lowest BCUT2D eigenvalue weighted by Crippen LogP contribution is -2.47. The van der Waals surface area contributed by atoms with Crippen LogP contribution in [0.3, 0.4) is 0 Å². The van der Waals surface area contributed by atoms with Gasteiger partial charge in [-0.15, -0.1) is 0 Å². The number of nitrogens with two attached hydrogens (primary N) is 2. The summed E-state index contributed by atoms with van der Waals surface area (Å²) in [5.74, 6) is 1.60. The van der Waals surface area contributed by atoms with Gasteiger partial charge in [0.2, 0.25) is 0 Å². The molecule has 2 fully saturated rings. The van der Waals surface area contributed by atoms with Gasteiger partial charge in [-0.3, -0.25) is 4.79 Å². The molecule has 218 valence electrons. The van der Waals surface area contributed by atoms with Crippen molar-refractivity contribution in [1.29, 1.82) is 0 Å². The number of ether oxygens (including phenoxy) is 2. The molecule has 0 unspecified atom stereocenters. The second-order valence-electron chi connectivity index (χ2n) is 11.8. The molecule has 1 aromatic carbocycles. The average Bonchev–Trinajstić information content (AvgIpc) is 3.55. The van der Waals surface area contributed by atoms with Crippen LogP contribution >= 0.6 is 21.6 Å². The zero-order chi connectivity index (χ0) is 28.2. The van der Waals surface area contributed by atoms with Gasteiger partial charge in [-0.25, -0.2) is 4.99 Å². The molecule has 0 saturated heterocycles. The van der Waals surface area contributed by atoms with Crippen molar-refractivity contribution in [3.63, 3.8) is 0 Å². The monoisotopic (exact) mass is 591 g/mol. The van der Waals surface area contributed by atoms with Crippen LogP contribution in [0.25, 0.3) is 11.0 Å². The maximum absolute atomic E-state index is 13.9. The molecule has 4 aliphatic rings. The summed E-state index contributed by atoms with van der Waals surface area (Å²) in [5.41, 5.74) is 10.7. The van der Waals surface area contributed by atoms with Crippen molar-refractivity contribution in [2.45, 2.75) is 99.4 Å². The third kappa shape index (κ3) is 4.85. The van der Waals surface area contributed by atoms with E-state index in [9.17, 15) is 20.1 Å². The molecule has 10 nitrogen and oxygen atoms in total. The Morgan fingerprint density at radius 3 is 2.73 bits per heavy atom. The molecule has 1 aromatic heterocycles. The SMILES string of the molecule is C[C@@]1(O)CCC[C@@H]2c3c(c4c5oc(cc(=O)c5c3OC3CCCC3)[C@H](O)C[C@](CO)(N=C(N)N)CSSC4)O[C@@H]21. The summed E-state index contributed by atoms with van der Waals surface area (Å²) in [7, 11) is 2.96. The van der Waals surface area contributed by atoms with Gasteiger partial charge in [0.1, 0.15) is 46.0 Å². The Labute approximate surface area is 240 Å². The van der Waals surface area contributed by atoms with E-state index >= 15 is 0 Å². The standard InChI is InChI=1S/C28H37N3O7S2/c1-27(35)8-4-7-15-20-22(38-25(15)27)16-11-39-40-13-28(12-32,31-26(29)30)10-18(34)19-9-17(33)21(23(16)37-19)24(20)36-14-5-2-3-6-14/h9,14-15,18,25,32,34-35H,2-8,10-13H2,1H3,(H4,29,30,31)/t15-,18-,25+,27-,28-/m1/s1. The van der Waals surface area contributed by atoms with Crippen molar-refractivity contribution >= 4 is 38.5 Å². The van der Waals surface area contributed by atoms with Gasteiger partial charge in [0.15, 0.2) is 11.4 Å². The van der Waals surface area contributed by atoms with Crippen LogP contribution in [0.4, 0.5) is 0 Å². The zero-order valence-electron chi connectivity index (χ0n) is 22.6. The molecule has 7 N–H and O–H groups in total. The Bertz CT molecular complexity index is 1390. The Morgan fingerprint density at radius 1 is 1.23 bits per heavy atom. The third-order valence-electron chi connectivity index (χ3n) is 8.79. The van der Waals surface area contributed by atoms with E-state index in [1.165, 1.54) is 27.7 Å². The molecular formula is C28H37N3O7S2. The van der Waals surface area contributed by atoms with Crippen LogP contribution in [0.5, 0.6) is 11.5 Å². The van der Waals surface area contributed by atoms with E-state index in [-0.39, 0.29) is 35.6 Å². The number of aliphatic hydroxyl groups excluding tert-OH is 2. The van der Waals surface area contributed by atoms with Crippen LogP contribution in [-0.4, -0.2) is 57.0 Å². The summed E-state index contributed by atoms with van der Waals surface area (Å²) in [6.45, 7) is 1.42. The first-order valence-corrected chi connectivity index (χ1v) is 16.5. The van der Waals surface area contributed by atoms with Gasteiger partial charge in [0, 0.05) is 41.0 Å². The predicted octanol–water partition coefficient (Wildman–Crippen LogP) is 3.22. The fraction of sp³-hybridized carbons (Fsp3) is 0.643.